The molecule has 0 bridgehead atoms. The number of aromatic nitrogens is 1. The Kier molecular flexibility index (Phi) is 4.05. The lowest BCUT2D eigenvalue weighted by Crippen LogP contribution is -2.20. The standard InChI is InChI=1S/C13H23N3S/c1-5-11-12(7-14-3)17-13(15-11)16(4)8-10-6-9(10)2/h9-10,14H,5-8H2,1-4H3. The van der Waals surface area contributed by atoms with E-state index in [1.165, 1.54) is 22.1 Å². The molecule has 17 heavy (non-hydrogen) atoms. The topological polar surface area (TPSA) is 28.2 Å². The minimum atomic E-state index is 0.890. The molecule has 1 fully saturated rings. The normalized spacial score (nSPS) is 22.8. The highest BCUT2D eigenvalue weighted by atomic mass is 32.1. The van der Waals surface area contributed by atoms with E-state index in [1.807, 2.05) is 18.4 Å². The minimum Gasteiger partial charge on any atom is -0.351 e. The van der Waals surface area contributed by atoms with Gasteiger partial charge in [0.1, 0.15) is 0 Å². The molecule has 3 nitrogen and oxygen atoms in total. The zero-order chi connectivity index (χ0) is 12.4. The highest BCUT2D eigenvalue weighted by Gasteiger charge is 2.33. The second-order valence-electron chi connectivity index (χ2n) is 5.10. The summed E-state index contributed by atoms with van der Waals surface area (Å²) in [6.45, 7) is 6.62. The van der Waals surface area contributed by atoms with E-state index in [0.717, 1.165) is 31.3 Å². The van der Waals surface area contributed by atoms with E-state index >= 15 is 0 Å². The van der Waals surface area contributed by atoms with Crippen LogP contribution in [0, 0.1) is 11.8 Å². The number of anilines is 1. The molecular formula is C13H23N3S. The minimum absolute atomic E-state index is 0.890. The van der Waals surface area contributed by atoms with Crippen LogP contribution < -0.4 is 10.2 Å². The van der Waals surface area contributed by atoms with Crippen LogP contribution in [0.2, 0.25) is 0 Å². The van der Waals surface area contributed by atoms with Gasteiger partial charge in [-0.1, -0.05) is 13.8 Å². The van der Waals surface area contributed by atoms with Crippen LogP contribution in [0.1, 0.15) is 30.8 Å². The van der Waals surface area contributed by atoms with Crippen molar-refractivity contribution in [2.24, 2.45) is 11.8 Å². The van der Waals surface area contributed by atoms with E-state index in [1.54, 1.807) is 0 Å². The lowest BCUT2D eigenvalue weighted by molar-refractivity contribution is 0.723. The van der Waals surface area contributed by atoms with Crippen molar-refractivity contribution in [2.45, 2.75) is 33.2 Å². The Balaban J connectivity index is 2.03. The van der Waals surface area contributed by atoms with Gasteiger partial charge in [-0.05, 0) is 31.7 Å². The molecule has 0 radical (unpaired) electrons. The fourth-order valence-corrected chi connectivity index (χ4v) is 3.32. The average Bonchev–Trinajstić information content (AvgIpc) is 2.84. The van der Waals surface area contributed by atoms with Crippen LogP contribution in [-0.2, 0) is 13.0 Å². The van der Waals surface area contributed by atoms with Gasteiger partial charge in [0.25, 0.3) is 0 Å². The Hall–Kier alpha value is -0.610. The van der Waals surface area contributed by atoms with Gasteiger partial charge < -0.3 is 10.2 Å². The van der Waals surface area contributed by atoms with E-state index in [2.05, 4.69) is 31.1 Å². The van der Waals surface area contributed by atoms with E-state index < -0.39 is 0 Å². The Labute approximate surface area is 108 Å². The highest BCUT2D eigenvalue weighted by molar-refractivity contribution is 7.15. The third-order valence-corrected chi connectivity index (χ3v) is 4.76. The van der Waals surface area contributed by atoms with Crippen molar-refractivity contribution in [3.05, 3.63) is 10.6 Å². The van der Waals surface area contributed by atoms with Crippen molar-refractivity contribution >= 4 is 16.5 Å². The molecule has 2 rings (SSSR count). The fourth-order valence-electron chi connectivity index (χ4n) is 2.19. The maximum absolute atomic E-state index is 4.76. The van der Waals surface area contributed by atoms with Gasteiger partial charge in [0.15, 0.2) is 5.13 Å². The van der Waals surface area contributed by atoms with Crippen molar-refractivity contribution in [3.63, 3.8) is 0 Å². The van der Waals surface area contributed by atoms with Gasteiger partial charge in [-0.2, -0.15) is 0 Å². The van der Waals surface area contributed by atoms with Crippen LogP contribution in [0.3, 0.4) is 0 Å². The summed E-state index contributed by atoms with van der Waals surface area (Å²) in [6, 6.07) is 0. The molecule has 0 aliphatic heterocycles. The summed E-state index contributed by atoms with van der Waals surface area (Å²) in [5, 5.41) is 4.41. The van der Waals surface area contributed by atoms with Crippen LogP contribution in [0.5, 0.6) is 0 Å². The van der Waals surface area contributed by atoms with Gasteiger partial charge >= 0.3 is 0 Å². The first-order valence-corrected chi connectivity index (χ1v) is 7.31. The predicted octanol–water partition coefficient (Wildman–Crippen LogP) is 2.52. The zero-order valence-electron chi connectivity index (χ0n) is 11.3. The fraction of sp³-hybridized carbons (Fsp3) is 0.769. The largest absolute Gasteiger partial charge is 0.351 e. The first-order valence-electron chi connectivity index (χ1n) is 6.50. The van der Waals surface area contributed by atoms with Crippen molar-refractivity contribution in [3.8, 4) is 0 Å². The second-order valence-corrected chi connectivity index (χ2v) is 6.17. The Morgan fingerprint density at radius 2 is 2.24 bits per heavy atom. The number of rotatable bonds is 6. The molecule has 1 aliphatic carbocycles. The highest BCUT2D eigenvalue weighted by Crippen LogP contribution is 2.39. The van der Waals surface area contributed by atoms with Crippen molar-refractivity contribution in [2.75, 3.05) is 25.5 Å². The summed E-state index contributed by atoms with van der Waals surface area (Å²) in [5.41, 5.74) is 1.26. The van der Waals surface area contributed by atoms with Crippen molar-refractivity contribution in [1.29, 1.82) is 0 Å². The van der Waals surface area contributed by atoms with E-state index in [-0.39, 0.29) is 0 Å². The molecule has 1 saturated carbocycles. The molecule has 0 spiro atoms. The zero-order valence-corrected chi connectivity index (χ0v) is 12.1. The van der Waals surface area contributed by atoms with Crippen molar-refractivity contribution in [1.82, 2.24) is 10.3 Å². The summed E-state index contributed by atoms with van der Waals surface area (Å²) >= 11 is 1.84. The Morgan fingerprint density at radius 3 is 2.76 bits per heavy atom. The predicted molar refractivity (Wildman–Crippen MR) is 74.8 cm³/mol. The molecule has 1 heterocycles. The van der Waals surface area contributed by atoms with Gasteiger partial charge in [-0.3, -0.25) is 0 Å². The maximum atomic E-state index is 4.76. The van der Waals surface area contributed by atoms with Gasteiger partial charge in [0.05, 0.1) is 5.69 Å². The quantitative estimate of drug-likeness (QED) is 0.844. The second kappa shape index (κ2) is 5.36. The number of hydrogen-bond acceptors (Lipinski definition) is 4. The molecule has 0 saturated heterocycles. The average molecular weight is 253 g/mol. The first-order chi connectivity index (χ1) is 8.15. The van der Waals surface area contributed by atoms with Gasteiger partial charge in [0.2, 0.25) is 0 Å². The Bertz CT molecular complexity index is 375. The summed E-state index contributed by atoms with van der Waals surface area (Å²) in [5.74, 6) is 1.81. The van der Waals surface area contributed by atoms with Crippen LogP contribution >= 0.6 is 11.3 Å². The monoisotopic (exact) mass is 253 g/mol. The van der Waals surface area contributed by atoms with Gasteiger partial charge in [0, 0.05) is 25.0 Å². The molecule has 1 aromatic heterocycles. The molecule has 0 aromatic carbocycles. The number of aryl methyl sites for hydroxylation is 1. The Morgan fingerprint density at radius 1 is 1.53 bits per heavy atom. The molecule has 2 unspecified atom stereocenters. The molecule has 0 amide bonds. The molecule has 96 valence electrons. The summed E-state index contributed by atoms with van der Waals surface area (Å²) < 4.78 is 0. The SMILES string of the molecule is CCc1nc(N(C)CC2CC2C)sc1CNC. The number of nitrogens with one attached hydrogen (secondary N) is 1. The molecule has 1 N–H and O–H groups in total. The van der Waals surface area contributed by atoms with Gasteiger partial charge in [-0.15, -0.1) is 11.3 Å². The van der Waals surface area contributed by atoms with E-state index in [0.29, 0.717) is 0 Å². The lowest BCUT2D eigenvalue weighted by atomic mass is 10.3. The summed E-state index contributed by atoms with van der Waals surface area (Å²) in [7, 11) is 4.17. The summed E-state index contributed by atoms with van der Waals surface area (Å²) in [6.07, 6.45) is 2.42. The number of nitrogens with zero attached hydrogens (tertiary/aromatic N) is 2. The van der Waals surface area contributed by atoms with Crippen LogP contribution in [-0.4, -0.2) is 25.6 Å². The molecule has 2 atom stereocenters. The molecule has 4 heteroatoms. The third-order valence-electron chi connectivity index (χ3n) is 3.55. The molecular weight excluding hydrogens is 230 g/mol. The first kappa shape index (κ1) is 12.8. The molecule has 1 aliphatic rings. The smallest absolute Gasteiger partial charge is 0.185 e. The van der Waals surface area contributed by atoms with Crippen LogP contribution in [0.15, 0.2) is 0 Å². The van der Waals surface area contributed by atoms with Crippen LogP contribution in [0.4, 0.5) is 5.13 Å². The van der Waals surface area contributed by atoms with Gasteiger partial charge in [-0.25, -0.2) is 4.98 Å². The maximum Gasteiger partial charge on any atom is 0.185 e. The lowest BCUT2D eigenvalue weighted by Gasteiger charge is -2.15. The third kappa shape index (κ3) is 2.99. The number of thiazole rings is 1. The van der Waals surface area contributed by atoms with E-state index in [9.17, 15) is 0 Å². The van der Waals surface area contributed by atoms with Crippen molar-refractivity contribution < 1.29 is 0 Å². The van der Waals surface area contributed by atoms with E-state index in [4.69, 9.17) is 4.98 Å². The molecule has 1 aromatic rings. The number of hydrogen-bond donors (Lipinski definition) is 1. The summed E-state index contributed by atoms with van der Waals surface area (Å²) in [4.78, 5) is 8.48. The van der Waals surface area contributed by atoms with Crippen LogP contribution in [0.25, 0.3) is 0 Å².